The molecule has 3 atom stereocenters. The molecular formula is C33H28N2O2. The number of amides is 1. The Morgan fingerprint density at radius 1 is 0.811 bits per heavy atom. The van der Waals surface area contributed by atoms with Gasteiger partial charge in [0.15, 0.2) is 0 Å². The molecule has 0 bridgehead atoms. The highest BCUT2D eigenvalue weighted by atomic mass is 16.5. The number of carbonyl (C=O) groups excluding carboxylic acids is 1. The van der Waals surface area contributed by atoms with Crippen LogP contribution in [-0.2, 0) is 15.7 Å². The summed E-state index contributed by atoms with van der Waals surface area (Å²) < 4.78 is 5.53. The summed E-state index contributed by atoms with van der Waals surface area (Å²) in [5.74, 6) is 1.05. The second-order valence-electron chi connectivity index (χ2n) is 10.8. The van der Waals surface area contributed by atoms with E-state index < -0.39 is 11.0 Å². The maximum Gasteiger partial charge on any atom is 0.250 e. The largest absolute Gasteiger partial charge is 0.497 e. The van der Waals surface area contributed by atoms with E-state index in [-0.39, 0.29) is 17.9 Å². The van der Waals surface area contributed by atoms with Crippen molar-refractivity contribution in [3.63, 3.8) is 0 Å². The molecule has 2 saturated heterocycles. The normalized spacial score (nSPS) is 26.1. The number of nitrogens with zero attached hydrogens (tertiary/aromatic N) is 1. The van der Waals surface area contributed by atoms with Crippen LogP contribution in [0.1, 0.15) is 41.0 Å². The summed E-state index contributed by atoms with van der Waals surface area (Å²) >= 11 is 0. The smallest absolute Gasteiger partial charge is 0.250 e. The van der Waals surface area contributed by atoms with Crippen LogP contribution in [0.3, 0.4) is 0 Å². The molecule has 2 spiro atoms. The monoisotopic (exact) mass is 484 g/mol. The van der Waals surface area contributed by atoms with Gasteiger partial charge < -0.3 is 10.1 Å². The van der Waals surface area contributed by atoms with Crippen LogP contribution in [0, 0.1) is 0 Å². The molecule has 4 nitrogen and oxygen atoms in total. The van der Waals surface area contributed by atoms with Gasteiger partial charge in [-0.3, -0.25) is 9.69 Å². The lowest BCUT2D eigenvalue weighted by Crippen LogP contribution is -2.58. The van der Waals surface area contributed by atoms with Gasteiger partial charge in [0.05, 0.1) is 12.5 Å². The summed E-state index contributed by atoms with van der Waals surface area (Å²) in [6.45, 7) is 0.908. The first-order valence-corrected chi connectivity index (χ1v) is 13.2. The second kappa shape index (κ2) is 7.33. The van der Waals surface area contributed by atoms with Crippen LogP contribution in [0.4, 0.5) is 5.69 Å². The van der Waals surface area contributed by atoms with E-state index in [1.54, 1.807) is 7.11 Å². The Balaban J connectivity index is 1.56. The average Bonchev–Trinajstić information content (AvgIpc) is 3.67. The summed E-state index contributed by atoms with van der Waals surface area (Å²) in [4.78, 5) is 17.3. The summed E-state index contributed by atoms with van der Waals surface area (Å²) in [6, 6.07) is 34.8. The molecule has 3 heterocycles. The van der Waals surface area contributed by atoms with Crippen molar-refractivity contribution in [1.82, 2.24) is 4.90 Å². The number of fused-ring (bicyclic) bond motifs is 10. The molecular weight excluding hydrogens is 456 g/mol. The van der Waals surface area contributed by atoms with Gasteiger partial charge in [0.2, 0.25) is 0 Å². The van der Waals surface area contributed by atoms with Gasteiger partial charge in [-0.25, -0.2) is 0 Å². The number of nitrogens with one attached hydrogen (secondary N) is 1. The minimum atomic E-state index is -0.835. The molecule has 182 valence electrons. The van der Waals surface area contributed by atoms with Gasteiger partial charge >= 0.3 is 0 Å². The molecule has 1 N–H and O–H groups in total. The molecule has 3 aliphatic heterocycles. The number of para-hydroxylation sites is 1. The predicted molar refractivity (Wildman–Crippen MR) is 145 cm³/mol. The highest BCUT2D eigenvalue weighted by Crippen LogP contribution is 2.73. The standard InChI is InChI=1S/C33H28N2O2/c1-37-22-18-16-21(17-19-22)30-29-15-8-20-35(29)33(27-13-6-7-14-28(27)34-31(33)36)32(30)25-11-4-2-9-23(25)24-10-3-5-12-26(24)32/h2-7,9-14,16-19,29-30H,8,15,20H2,1H3,(H,34,36)/t29?,30-,33-/m0/s1. The Hall–Kier alpha value is -3.89. The number of rotatable bonds is 2. The Kier molecular flexibility index (Phi) is 4.20. The Labute approximate surface area is 216 Å². The van der Waals surface area contributed by atoms with Crippen LogP contribution in [0.2, 0.25) is 0 Å². The molecule has 4 aromatic rings. The van der Waals surface area contributed by atoms with E-state index in [1.807, 2.05) is 6.07 Å². The van der Waals surface area contributed by atoms with Crippen LogP contribution in [-0.4, -0.2) is 30.5 Å². The van der Waals surface area contributed by atoms with Crippen LogP contribution >= 0.6 is 0 Å². The molecule has 8 rings (SSSR count). The number of hydrogen-bond acceptors (Lipinski definition) is 3. The lowest BCUT2D eigenvalue weighted by Gasteiger charge is -2.47. The molecule has 0 aromatic heterocycles. The third kappa shape index (κ3) is 2.32. The molecule has 1 unspecified atom stereocenters. The van der Waals surface area contributed by atoms with Crippen molar-refractivity contribution in [1.29, 1.82) is 0 Å². The topological polar surface area (TPSA) is 41.6 Å². The Bertz CT molecular complexity index is 1530. The maximum atomic E-state index is 14.7. The molecule has 2 fully saturated rings. The molecule has 0 radical (unpaired) electrons. The third-order valence-corrected chi connectivity index (χ3v) is 9.51. The molecule has 1 amide bonds. The van der Waals surface area contributed by atoms with E-state index in [2.05, 4.69) is 101 Å². The first kappa shape index (κ1) is 21.2. The lowest BCUT2D eigenvalue weighted by molar-refractivity contribution is -0.128. The van der Waals surface area contributed by atoms with Crippen molar-refractivity contribution in [2.75, 3.05) is 19.0 Å². The summed E-state index contributed by atoms with van der Waals surface area (Å²) in [5.41, 5.74) is 6.91. The van der Waals surface area contributed by atoms with Gasteiger partial charge in [-0.05, 0) is 65.4 Å². The summed E-state index contributed by atoms with van der Waals surface area (Å²) in [5, 5.41) is 3.35. The zero-order chi connectivity index (χ0) is 24.8. The fourth-order valence-corrected chi connectivity index (χ4v) is 8.49. The van der Waals surface area contributed by atoms with Crippen molar-refractivity contribution in [2.24, 2.45) is 0 Å². The van der Waals surface area contributed by atoms with Gasteiger partial charge in [0, 0.05) is 23.2 Å². The van der Waals surface area contributed by atoms with Crippen LogP contribution in [0.25, 0.3) is 11.1 Å². The van der Waals surface area contributed by atoms with Gasteiger partial charge in [0.1, 0.15) is 11.3 Å². The summed E-state index contributed by atoms with van der Waals surface area (Å²) in [6.07, 6.45) is 2.16. The maximum absolute atomic E-state index is 14.7. The van der Waals surface area contributed by atoms with E-state index in [9.17, 15) is 4.79 Å². The SMILES string of the molecule is COc1ccc([C@H]2C3CCCN3[C@@]3(C(=O)Nc4ccccc43)C23c2ccccc2-c2ccccc23)cc1. The molecule has 1 aliphatic carbocycles. The van der Waals surface area contributed by atoms with Crippen LogP contribution in [0.15, 0.2) is 97.1 Å². The van der Waals surface area contributed by atoms with E-state index in [0.29, 0.717) is 0 Å². The zero-order valence-electron chi connectivity index (χ0n) is 20.8. The van der Waals surface area contributed by atoms with Gasteiger partial charge in [-0.1, -0.05) is 78.9 Å². The van der Waals surface area contributed by atoms with Crippen molar-refractivity contribution in [3.05, 3.63) is 119 Å². The molecule has 4 heteroatoms. The Morgan fingerprint density at radius 2 is 1.43 bits per heavy atom. The van der Waals surface area contributed by atoms with Gasteiger partial charge in [0.25, 0.3) is 5.91 Å². The van der Waals surface area contributed by atoms with Crippen molar-refractivity contribution in [2.45, 2.75) is 35.8 Å². The third-order valence-electron chi connectivity index (χ3n) is 9.51. The van der Waals surface area contributed by atoms with Crippen molar-refractivity contribution < 1.29 is 9.53 Å². The highest BCUT2D eigenvalue weighted by molar-refractivity contribution is 6.10. The zero-order valence-corrected chi connectivity index (χ0v) is 20.8. The number of ether oxygens (including phenoxy) is 1. The molecule has 4 aromatic carbocycles. The Morgan fingerprint density at radius 3 is 2.11 bits per heavy atom. The number of anilines is 1. The number of carbonyl (C=O) groups is 1. The number of methoxy groups -OCH3 is 1. The summed E-state index contributed by atoms with van der Waals surface area (Å²) in [7, 11) is 1.71. The number of hydrogen-bond donors (Lipinski definition) is 1. The first-order valence-electron chi connectivity index (χ1n) is 13.2. The lowest BCUT2D eigenvalue weighted by atomic mass is 9.55. The quantitative estimate of drug-likeness (QED) is 0.375. The molecule has 0 saturated carbocycles. The van der Waals surface area contributed by atoms with Crippen LogP contribution in [0.5, 0.6) is 5.75 Å². The fraction of sp³-hybridized carbons (Fsp3) is 0.242. The van der Waals surface area contributed by atoms with E-state index in [1.165, 1.54) is 27.8 Å². The minimum absolute atomic E-state index is 0.0996. The van der Waals surface area contributed by atoms with Crippen molar-refractivity contribution in [3.8, 4) is 16.9 Å². The minimum Gasteiger partial charge on any atom is -0.497 e. The average molecular weight is 485 g/mol. The first-order chi connectivity index (χ1) is 18.2. The van der Waals surface area contributed by atoms with Gasteiger partial charge in [-0.15, -0.1) is 0 Å². The number of benzene rings is 4. The molecule has 4 aliphatic rings. The second-order valence-corrected chi connectivity index (χ2v) is 10.8. The van der Waals surface area contributed by atoms with Crippen LogP contribution < -0.4 is 10.1 Å². The fourth-order valence-electron chi connectivity index (χ4n) is 8.49. The predicted octanol–water partition coefficient (Wildman–Crippen LogP) is 6.07. The van der Waals surface area contributed by atoms with E-state index in [4.69, 9.17) is 4.74 Å². The van der Waals surface area contributed by atoms with E-state index in [0.717, 1.165) is 36.4 Å². The highest BCUT2D eigenvalue weighted by Gasteiger charge is 2.77. The molecule has 37 heavy (non-hydrogen) atoms. The van der Waals surface area contributed by atoms with Gasteiger partial charge in [-0.2, -0.15) is 0 Å². The van der Waals surface area contributed by atoms with Crippen molar-refractivity contribution >= 4 is 11.6 Å². The van der Waals surface area contributed by atoms with E-state index >= 15 is 0 Å².